The van der Waals surface area contributed by atoms with Gasteiger partial charge in [0.15, 0.2) is 0 Å². The van der Waals surface area contributed by atoms with Crippen molar-refractivity contribution >= 4 is 6.08 Å². The average molecular weight is 184 g/mol. The Morgan fingerprint density at radius 1 is 1.36 bits per heavy atom. The molecule has 72 valence electrons. The van der Waals surface area contributed by atoms with Crippen LogP contribution in [-0.4, -0.2) is 0 Å². The predicted molar refractivity (Wildman–Crippen MR) is 62.3 cm³/mol. The Hall–Kier alpha value is -1.30. The number of rotatable bonds is 4. The summed E-state index contributed by atoms with van der Waals surface area (Å²) in [6.45, 7) is 3.74. The molecule has 0 atom stereocenters. The van der Waals surface area contributed by atoms with Crippen LogP contribution in [0.3, 0.4) is 0 Å². The second-order valence-corrected chi connectivity index (χ2v) is 3.82. The number of hydrogen-bond acceptors (Lipinski definition) is 0. The highest BCUT2D eigenvalue weighted by molar-refractivity contribution is 5.60. The van der Waals surface area contributed by atoms with Gasteiger partial charge in [-0.05, 0) is 42.4 Å². The molecule has 0 bridgehead atoms. The Morgan fingerprint density at radius 2 is 2.29 bits per heavy atom. The minimum atomic E-state index is 1.11. The number of allylic oxidation sites excluding steroid dienone is 2. The molecule has 0 heteroatoms. The average Bonchev–Trinajstić information content (AvgIpc) is 2.65. The number of benzene rings is 1. The van der Waals surface area contributed by atoms with Gasteiger partial charge in [0.2, 0.25) is 0 Å². The largest absolute Gasteiger partial charge is 0.103 e. The normalized spacial score (nSPS) is 12.9. The van der Waals surface area contributed by atoms with Crippen LogP contribution in [0.2, 0.25) is 0 Å². The first-order chi connectivity index (χ1) is 6.90. The number of hydrogen-bond donors (Lipinski definition) is 0. The topological polar surface area (TPSA) is 0 Å². The van der Waals surface area contributed by atoms with E-state index in [-0.39, 0.29) is 0 Å². The summed E-state index contributed by atoms with van der Waals surface area (Å²) in [6, 6.07) is 6.84. The SMILES string of the molecule is C=CCCCc1ccc2c(c1)C=CC2. The maximum Gasteiger partial charge on any atom is -0.00882 e. The van der Waals surface area contributed by atoms with E-state index in [9.17, 15) is 0 Å². The molecule has 1 aromatic rings. The smallest absolute Gasteiger partial charge is 0.00882 e. The van der Waals surface area contributed by atoms with E-state index in [4.69, 9.17) is 0 Å². The standard InChI is InChI=1S/C14H16/c1-2-3-4-6-12-9-10-13-7-5-8-14(13)11-12/h2,5,8-11H,1,3-4,6-7H2. The molecule has 14 heavy (non-hydrogen) atoms. The minimum absolute atomic E-state index is 1.11. The zero-order chi connectivity index (χ0) is 9.80. The third-order valence-electron chi connectivity index (χ3n) is 2.72. The molecular formula is C14H16. The molecule has 1 aliphatic carbocycles. The summed E-state index contributed by atoms with van der Waals surface area (Å²) in [4.78, 5) is 0. The molecule has 1 aliphatic rings. The van der Waals surface area contributed by atoms with Gasteiger partial charge in [-0.2, -0.15) is 0 Å². The van der Waals surface area contributed by atoms with Gasteiger partial charge in [0.05, 0.1) is 0 Å². The predicted octanol–water partition coefficient (Wildman–Crippen LogP) is 3.76. The van der Waals surface area contributed by atoms with E-state index in [2.05, 4.69) is 36.9 Å². The summed E-state index contributed by atoms with van der Waals surface area (Å²) in [6.07, 6.45) is 11.1. The van der Waals surface area contributed by atoms with Crippen LogP contribution >= 0.6 is 0 Å². The van der Waals surface area contributed by atoms with Crippen LogP contribution in [0.1, 0.15) is 29.5 Å². The highest BCUT2D eigenvalue weighted by Gasteiger charge is 2.04. The third kappa shape index (κ3) is 1.95. The lowest BCUT2D eigenvalue weighted by molar-refractivity contribution is 0.843. The van der Waals surface area contributed by atoms with Gasteiger partial charge in [-0.1, -0.05) is 36.4 Å². The fraction of sp³-hybridized carbons (Fsp3) is 0.286. The van der Waals surface area contributed by atoms with E-state index >= 15 is 0 Å². The van der Waals surface area contributed by atoms with E-state index in [0.717, 1.165) is 12.8 Å². The van der Waals surface area contributed by atoms with Crippen LogP contribution in [0.15, 0.2) is 36.9 Å². The first-order valence-electron chi connectivity index (χ1n) is 5.29. The minimum Gasteiger partial charge on any atom is -0.103 e. The van der Waals surface area contributed by atoms with Crippen LogP contribution in [0, 0.1) is 0 Å². The molecule has 1 aromatic carbocycles. The first kappa shape index (κ1) is 9.26. The van der Waals surface area contributed by atoms with Crippen LogP contribution < -0.4 is 0 Å². The lowest BCUT2D eigenvalue weighted by atomic mass is 10.0. The number of fused-ring (bicyclic) bond motifs is 1. The zero-order valence-corrected chi connectivity index (χ0v) is 8.50. The molecule has 0 N–H and O–H groups in total. The molecular weight excluding hydrogens is 168 g/mol. The molecule has 0 aromatic heterocycles. The fourth-order valence-corrected chi connectivity index (χ4v) is 1.90. The van der Waals surface area contributed by atoms with Crippen molar-refractivity contribution in [2.75, 3.05) is 0 Å². The van der Waals surface area contributed by atoms with Crippen molar-refractivity contribution in [1.29, 1.82) is 0 Å². The van der Waals surface area contributed by atoms with Gasteiger partial charge in [-0.3, -0.25) is 0 Å². The molecule has 0 amide bonds. The lowest BCUT2D eigenvalue weighted by Gasteiger charge is -2.03. The Morgan fingerprint density at radius 3 is 3.14 bits per heavy atom. The van der Waals surface area contributed by atoms with Gasteiger partial charge >= 0.3 is 0 Å². The molecule has 2 rings (SSSR count). The Bertz CT molecular complexity index is 358. The highest BCUT2D eigenvalue weighted by atomic mass is 14.1. The summed E-state index contributed by atoms with van der Waals surface area (Å²) in [5.74, 6) is 0. The highest BCUT2D eigenvalue weighted by Crippen LogP contribution is 2.21. The van der Waals surface area contributed by atoms with Crippen molar-refractivity contribution in [2.24, 2.45) is 0 Å². The summed E-state index contributed by atoms with van der Waals surface area (Å²) in [5.41, 5.74) is 4.34. The van der Waals surface area contributed by atoms with E-state index in [1.807, 2.05) is 6.08 Å². The summed E-state index contributed by atoms with van der Waals surface area (Å²) in [5, 5.41) is 0. The maximum atomic E-state index is 3.74. The van der Waals surface area contributed by atoms with E-state index in [1.54, 1.807) is 0 Å². The van der Waals surface area contributed by atoms with Crippen LogP contribution in [0.4, 0.5) is 0 Å². The summed E-state index contributed by atoms with van der Waals surface area (Å²) >= 11 is 0. The molecule has 0 fully saturated rings. The second kappa shape index (κ2) is 4.28. The zero-order valence-electron chi connectivity index (χ0n) is 8.50. The third-order valence-corrected chi connectivity index (χ3v) is 2.72. The molecule has 0 radical (unpaired) electrons. The molecule has 0 unspecified atom stereocenters. The molecule has 0 saturated carbocycles. The molecule has 0 nitrogen and oxygen atoms in total. The number of aryl methyl sites for hydroxylation is 1. The van der Waals surface area contributed by atoms with Gasteiger partial charge in [-0.15, -0.1) is 6.58 Å². The number of unbranched alkanes of at least 4 members (excludes halogenated alkanes) is 1. The van der Waals surface area contributed by atoms with Gasteiger partial charge in [-0.25, -0.2) is 0 Å². The summed E-state index contributed by atoms with van der Waals surface area (Å²) in [7, 11) is 0. The van der Waals surface area contributed by atoms with Crippen molar-refractivity contribution < 1.29 is 0 Å². The Kier molecular flexibility index (Phi) is 2.83. The van der Waals surface area contributed by atoms with Crippen molar-refractivity contribution in [1.82, 2.24) is 0 Å². The molecule has 0 saturated heterocycles. The second-order valence-electron chi connectivity index (χ2n) is 3.82. The van der Waals surface area contributed by atoms with Gasteiger partial charge in [0.1, 0.15) is 0 Å². The first-order valence-corrected chi connectivity index (χ1v) is 5.29. The fourth-order valence-electron chi connectivity index (χ4n) is 1.90. The van der Waals surface area contributed by atoms with Crippen molar-refractivity contribution in [2.45, 2.75) is 25.7 Å². The monoisotopic (exact) mass is 184 g/mol. The van der Waals surface area contributed by atoms with E-state index < -0.39 is 0 Å². The van der Waals surface area contributed by atoms with Gasteiger partial charge in [0, 0.05) is 0 Å². The Labute approximate surface area is 86.0 Å². The van der Waals surface area contributed by atoms with Gasteiger partial charge in [0.25, 0.3) is 0 Å². The van der Waals surface area contributed by atoms with Crippen molar-refractivity contribution in [3.8, 4) is 0 Å². The van der Waals surface area contributed by atoms with E-state index in [1.165, 1.54) is 29.5 Å². The quantitative estimate of drug-likeness (QED) is 0.493. The van der Waals surface area contributed by atoms with Crippen molar-refractivity contribution in [3.05, 3.63) is 53.6 Å². The van der Waals surface area contributed by atoms with E-state index in [0.29, 0.717) is 0 Å². The van der Waals surface area contributed by atoms with Crippen LogP contribution in [0.25, 0.3) is 6.08 Å². The molecule has 0 heterocycles. The molecule has 0 spiro atoms. The van der Waals surface area contributed by atoms with Crippen LogP contribution in [0.5, 0.6) is 0 Å². The lowest BCUT2D eigenvalue weighted by Crippen LogP contribution is -1.88. The summed E-state index contributed by atoms with van der Waals surface area (Å²) < 4.78 is 0. The molecule has 0 aliphatic heterocycles. The Balaban J connectivity index is 2.05. The maximum absolute atomic E-state index is 3.74. The van der Waals surface area contributed by atoms with Crippen LogP contribution in [-0.2, 0) is 12.8 Å². The van der Waals surface area contributed by atoms with Gasteiger partial charge < -0.3 is 0 Å². The van der Waals surface area contributed by atoms with Crippen molar-refractivity contribution in [3.63, 3.8) is 0 Å².